The van der Waals surface area contributed by atoms with Gasteiger partial charge >= 0.3 is 0 Å². The standard InChI is InChI=1S/C17H26N4O2S.2ClH/c1-12-19-11-13-3-9-23-17(15(13)20-12)5-7-21(8-6-17)16(22)14(18)4-10-24-2;;/h11,14H,3-10,18H2,1-2H3;2*1H/t14-;;/m0../s1. The fourth-order valence-corrected chi connectivity index (χ4v) is 4.06. The SMILES string of the molecule is CSCC[C@H](N)C(=O)N1CCC2(CC1)OCCc1cnc(C)nc12.Cl.Cl. The molecule has 1 aromatic heterocycles. The number of rotatable bonds is 4. The fraction of sp³-hybridized carbons (Fsp3) is 0.706. The number of hydrogen-bond acceptors (Lipinski definition) is 6. The first-order chi connectivity index (χ1) is 11.6. The summed E-state index contributed by atoms with van der Waals surface area (Å²) in [7, 11) is 0. The summed E-state index contributed by atoms with van der Waals surface area (Å²) in [6.45, 7) is 3.95. The third-order valence-corrected chi connectivity index (χ3v) is 5.64. The Morgan fingerprint density at radius 1 is 1.42 bits per heavy atom. The molecular formula is C17H28Cl2N4O2S. The highest BCUT2D eigenvalue weighted by Gasteiger charge is 2.43. The van der Waals surface area contributed by atoms with Gasteiger partial charge in [-0.15, -0.1) is 24.8 Å². The minimum Gasteiger partial charge on any atom is -0.368 e. The van der Waals surface area contributed by atoms with Crippen molar-refractivity contribution in [1.82, 2.24) is 14.9 Å². The number of aryl methyl sites for hydroxylation is 1. The van der Waals surface area contributed by atoms with Crippen LogP contribution in [0.25, 0.3) is 0 Å². The molecule has 0 aromatic carbocycles. The average Bonchev–Trinajstić information content (AvgIpc) is 2.60. The van der Waals surface area contributed by atoms with E-state index < -0.39 is 6.04 Å². The lowest BCUT2D eigenvalue weighted by Crippen LogP contribution is -2.52. The highest BCUT2D eigenvalue weighted by Crippen LogP contribution is 2.40. The molecule has 1 spiro atoms. The highest BCUT2D eigenvalue weighted by atomic mass is 35.5. The van der Waals surface area contributed by atoms with Crippen molar-refractivity contribution in [3.05, 3.63) is 23.3 Å². The van der Waals surface area contributed by atoms with Gasteiger partial charge in [0.2, 0.25) is 5.91 Å². The maximum absolute atomic E-state index is 12.5. The van der Waals surface area contributed by atoms with Gasteiger partial charge in [0.25, 0.3) is 0 Å². The van der Waals surface area contributed by atoms with Gasteiger partial charge in [0.15, 0.2) is 0 Å². The summed E-state index contributed by atoms with van der Waals surface area (Å²) in [6.07, 6.45) is 7.10. The Morgan fingerprint density at radius 2 is 2.12 bits per heavy atom. The maximum Gasteiger partial charge on any atom is 0.239 e. The van der Waals surface area contributed by atoms with Crippen LogP contribution in [-0.4, -0.2) is 58.5 Å². The van der Waals surface area contributed by atoms with Gasteiger partial charge in [-0.3, -0.25) is 4.79 Å². The van der Waals surface area contributed by atoms with Gasteiger partial charge in [-0.1, -0.05) is 0 Å². The second-order valence-electron chi connectivity index (χ2n) is 6.60. The van der Waals surface area contributed by atoms with Crippen molar-refractivity contribution in [2.75, 3.05) is 31.7 Å². The molecule has 0 radical (unpaired) electrons. The predicted octanol–water partition coefficient (Wildman–Crippen LogP) is 2.10. The Morgan fingerprint density at radius 3 is 2.77 bits per heavy atom. The van der Waals surface area contributed by atoms with E-state index in [1.165, 1.54) is 5.56 Å². The van der Waals surface area contributed by atoms with E-state index in [2.05, 4.69) is 9.97 Å². The topological polar surface area (TPSA) is 81.3 Å². The number of nitrogens with two attached hydrogens (primary N) is 1. The van der Waals surface area contributed by atoms with Gasteiger partial charge in [0.1, 0.15) is 11.4 Å². The Balaban J connectivity index is 0.00000169. The summed E-state index contributed by atoms with van der Waals surface area (Å²) in [5, 5.41) is 0. The zero-order chi connectivity index (χ0) is 17.2. The summed E-state index contributed by atoms with van der Waals surface area (Å²) < 4.78 is 6.18. The molecule has 1 fully saturated rings. The van der Waals surface area contributed by atoms with Crippen molar-refractivity contribution < 1.29 is 9.53 Å². The van der Waals surface area contributed by atoms with Crippen LogP contribution < -0.4 is 5.73 Å². The number of carbonyl (C=O) groups is 1. The van der Waals surface area contributed by atoms with Crippen LogP contribution >= 0.6 is 36.6 Å². The van der Waals surface area contributed by atoms with E-state index in [-0.39, 0.29) is 36.3 Å². The molecule has 0 bridgehead atoms. The van der Waals surface area contributed by atoms with Crippen LogP contribution in [0.4, 0.5) is 0 Å². The first kappa shape index (κ1) is 23.4. The third kappa shape index (κ3) is 4.81. The molecule has 2 aliphatic rings. The molecule has 9 heteroatoms. The lowest BCUT2D eigenvalue weighted by atomic mass is 9.83. The maximum atomic E-state index is 12.5. The molecule has 148 valence electrons. The lowest BCUT2D eigenvalue weighted by Gasteiger charge is -2.44. The van der Waals surface area contributed by atoms with Crippen LogP contribution in [0, 0.1) is 6.92 Å². The van der Waals surface area contributed by atoms with Crippen molar-refractivity contribution in [2.45, 2.75) is 44.2 Å². The number of fused-ring (bicyclic) bond motifs is 2. The molecule has 0 unspecified atom stereocenters. The van der Waals surface area contributed by atoms with Crippen LogP contribution in [0.1, 0.15) is 36.3 Å². The fourth-order valence-electron chi connectivity index (χ4n) is 3.57. The predicted molar refractivity (Wildman–Crippen MR) is 109 cm³/mol. The zero-order valence-corrected chi connectivity index (χ0v) is 17.7. The van der Waals surface area contributed by atoms with Gasteiger partial charge in [-0.25, -0.2) is 9.97 Å². The lowest BCUT2D eigenvalue weighted by molar-refractivity contribution is -0.142. The van der Waals surface area contributed by atoms with Crippen molar-refractivity contribution in [1.29, 1.82) is 0 Å². The molecular weight excluding hydrogens is 395 g/mol. The number of nitrogens with zero attached hydrogens (tertiary/aromatic N) is 3. The van der Waals surface area contributed by atoms with Crippen LogP contribution in [0.3, 0.4) is 0 Å². The molecule has 6 nitrogen and oxygen atoms in total. The smallest absolute Gasteiger partial charge is 0.239 e. The summed E-state index contributed by atoms with van der Waals surface area (Å²) in [5.74, 6) is 1.75. The van der Waals surface area contributed by atoms with Gasteiger partial charge in [-0.2, -0.15) is 11.8 Å². The number of thioether (sulfide) groups is 1. The Bertz CT molecular complexity index is 612. The third-order valence-electron chi connectivity index (χ3n) is 5.00. The number of amides is 1. The van der Waals surface area contributed by atoms with Gasteiger partial charge in [0, 0.05) is 19.3 Å². The number of ether oxygens (including phenoxy) is 1. The van der Waals surface area contributed by atoms with Gasteiger partial charge < -0.3 is 15.4 Å². The Kier molecular flexibility index (Phi) is 9.09. The molecule has 1 saturated heterocycles. The van der Waals surface area contributed by atoms with Crippen molar-refractivity contribution >= 4 is 42.5 Å². The van der Waals surface area contributed by atoms with Crippen molar-refractivity contribution in [3.63, 3.8) is 0 Å². The monoisotopic (exact) mass is 422 g/mol. The molecule has 1 atom stereocenters. The van der Waals surface area contributed by atoms with Crippen molar-refractivity contribution in [3.8, 4) is 0 Å². The molecule has 0 aliphatic carbocycles. The molecule has 3 heterocycles. The quantitative estimate of drug-likeness (QED) is 0.799. The Hall–Kier alpha value is -0.600. The minimum absolute atomic E-state index is 0. The Labute approximate surface area is 171 Å². The van der Waals surface area contributed by atoms with Crippen LogP contribution in [0.15, 0.2) is 6.20 Å². The van der Waals surface area contributed by atoms with Crippen molar-refractivity contribution in [2.24, 2.45) is 5.73 Å². The van der Waals surface area contributed by atoms with E-state index in [1.54, 1.807) is 11.8 Å². The summed E-state index contributed by atoms with van der Waals surface area (Å²) >= 11 is 1.72. The molecule has 2 N–H and O–H groups in total. The van der Waals surface area contributed by atoms with E-state index in [9.17, 15) is 4.79 Å². The van der Waals surface area contributed by atoms with Gasteiger partial charge in [0.05, 0.1) is 18.3 Å². The van der Waals surface area contributed by atoms with Crippen LogP contribution in [0.5, 0.6) is 0 Å². The first-order valence-corrected chi connectivity index (χ1v) is 9.95. The average molecular weight is 423 g/mol. The normalized spacial score (nSPS) is 19.1. The summed E-state index contributed by atoms with van der Waals surface area (Å²) in [6, 6.07) is -0.393. The largest absolute Gasteiger partial charge is 0.368 e. The second kappa shape index (κ2) is 10.1. The van der Waals surface area contributed by atoms with Gasteiger partial charge in [-0.05, 0) is 50.2 Å². The minimum atomic E-state index is -0.393. The zero-order valence-electron chi connectivity index (χ0n) is 15.3. The van der Waals surface area contributed by atoms with E-state index in [0.29, 0.717) is 19.7 Å². The molecule has 2 aliphatic heterocycles. The van der Waals surface area contributed by atoms with E-state index in [1.807, 2.05) is 24.3 Å². The van der Waals surface area contributed by atoms with E-state index >= 15 is 0 Å². The first-order valence-electron chi connectivity index (χ1n) is 8.56. The molecule has 26 heavy (non-hydrogen) atoms. The van der Waals surface area contributed by atoms with E-state index in [4.69, 9.17) is 10.5 Å². The summed E-state index contributed by atoms with van der Waals surface area (Å²) in [4.78, 5) is 23.4. The highest BCUT2D eigenvalue weighted by molar-refractivity contribution is 7.98. The summed E-state index contributed by atoms with van der Waals surface area (Å²) in [5.41, 5.74) is 7.90. The number of hydrogen-bond donors (Lipinski definition) is 1. The molecule has 3 rings (SSSR count). The second-order valence-corrected chi connectivity index (χ2v) is 7.58. The number of aromatic nitrogens is 2. The molecule has 1 amide bonds. The van der Waals surface area contributed by atoms with Crippen LogP contribution in [-0.2, 0) is 21.6 Å². The number of piperidine rings is 1. The molecule has 0 saturated carbocycles. The number of likely N-dealkylation sites (tertiary alicyclic amines) is 1. The number of carbonyl (C=O) groups excluding carboxylic acids is 1. The molecule has 1 aromatic rings. The number of halogens is 2. The van der Waals surface area contributed by atoms with E-state index in [0.717, 1.165) is 43.0 Å². The van der Waals surface area contributed by atoms with Crippen LogP contribution in [0.2, 0.25) is 0 Å².